The SMILES string of the molecule is CC(C)(C)OC(=O)NC1CC(CO)CC1F. The van der Waals surface area contributed by atoms with E-state index in [-0.39, 0.29) is 12.5 Å². The Balaban J connectivity index is 2.40. The zero-order valence-corrected chi connectivity index (χ0v) is 10.00. The summed E-state index contributed by atoms with van der Waals surface area (Å²) in [4.78, 5) is 11.4. The lowest BCUT2D eigenvalue weighted by atomic mass is 10.1. The number of rotatable bonds is 2. The molecule has 16 heavy (non-hydrogen) atoms. The molecule has 5 heteroatoms. The number of nitrogens with one attached hydrogen (secondary N) is 1. The lowest BCUT2D eigenvalue weighted by Gasteiger charge is -2.22. The first kappa shape index (κ1) is 13.2. The number of aliphatic hydroxyl groups excluding tert-OH is 1. The van der Waals surface area contributed by atoms with Crippen LogP contribution in [0.3, 0.4) is 0 Å². The van der Waals surface area contributed by atoms with Crippen molar-refractivity contribution < 1.29 is 19.0 Å². The Morgan fingerprint density at radius 1 is 1.50 bits per heavy atom. The largest absolute Gasteiger partial charge is 0.444 e. The van der Waals surface area contributed by atoms with Crippen LogP contribution >= 0.6 is 0 Å². The molecule has 2 N–H and O–H groups in total. The Morgan fingerprint density at radius 3 is 2.56 bits per heavy atom. The molecule has 0 heterocycles. The van der Waals surface area contributed by atoms with Gasteiger partial charge in [-0.25, -0.2) is 9.18 Å². The van der Waals surface area contributed by atoms with Gasteiger partial charge in [0.2, 0.25) is 0 Å². The highest BCUT2D eigenvalue weighted by Gasteiger charge is 2.35. The van der Waals surface area contributed by atoms with Gasteiger partial charge in [-0.2, -0.15) is 0 Å². The minimum atomic E-state index is -1.09. The summed E-state index contributed by atoms with van der Waals surface area (Å²) in [7, 11) is 0. The Hall–Kier alpha value is -0.840. The van der Waals surface area contributed by atoms with Gasteiger partial charge in [-0.15, -0.1) is 0 Å². The molecule has 3 unspecified atom stereocenters. The standard InChI is InChI=1S/C11H20FNO3/c1-11(2,3)16-10(15)13-9-5-7(6-14)4-8(9)12/h7-9,14H,4-6H2,1-3H3,(H,13,15). The molecular weight excluding hydrogens is 213 g/mol. The van der Waals surface area contributed by atoms with E-state index in [1.807, 2.05) is 0 Å². The second-order valence-corrected chi connectivity index (χ2v) is 5.29. The molecule has 0 radical (unpaired) electrons. The summed E-state index contributed by atoms with van der Waals surface area (Å²) >= 11 is 0. The van der Waals surface area contributed by atoms with Gasteiger partial charge in [0, 0.05) is 6.61 Å². The number of hydrogen-bond acceptors (Lipinski definition) is 3. The van der Waals surface area contributed by atoms with Crippen LogP contribution in [0.25, 0.3) is 0 Å². The van der Waals surface area contributed by atoms with Crippen molar-refractivity contribution in [3.8, 4) is 0 Å². The number of carbonyl (C=O) groups excluding carboxylic acids is 1. The zero-order chi connectivity index (χ0) is 12.3. The minimum Gasteiger partial charge on any atom is -0.444 e. The summed E-state index contributed by atoms with van der Waals surface area (Å²) < 4.78 is 18.5. The van der Waals surface area contributed by atoms with E-state index in [0.29, 0.717) is 12.8 Å². The molecule has 1 saturated carbocycles. The molecular formula is C11H20FNO3. The van der Waals surface area contributed by atoms with Crippen molar-refractivity contribution >= 4 is 6.09 Å². The monoisotopic (exact) mass is 233 g/mol. The number of ether oxygens (including phenoxy) is 1. The third-order valence-electron chi connectivity index (χ3n) is 2.54. The van der Waals surface area contributed by atoms with E-state index in [4.69, 9.17) is 9.84 Å². The van der Waals surface area contributed by atoms with E-state index in [2.05, 4.69) is 5.32 Å². The van der Waals surface area contributed by atoms with Crippen LogP contribution in [0.4, 0.5) is 9.18 Å². The number of amides is 1. The number of halogens is 1. The van der Waals surface area contributed by atoms with Crippen LogP contribution in [-0.4, -0.2) is 35.6 Å². The summed E-state index contributed by atoms with van der Waals surface area (Å²) in [6.07, 6.45) is -0.920. The molecule has 1 aliphatic rings. The highest BCUT2D eigenvalue weighted by Crippen LogP contribution is 2.28. The summed E-state index contributed by atoms with van der Waals surface area (Å²) in [5.74, 6) is -0.0602. The number of alkyl halides is 1. The first-order chi connectivity index (χ1) is 7.31. The van der Waals surface area contributed by atoms with Crippen LogP contribution in [0.2, 0.25) is 0 Å². The average Bonchev–Trinajstić information content (AvgIpc) is 2.44. The first-order valence-corrected chi connectivity index (χ1v) is 5.56. The average molecular weight is 233 g/mol. The summed E-state index contributed by atoms with van der Waals surface area (Å²) in [5.41, 5.74) is -0.578. The van der Waals surface area contributed by atoms with Crippen LogP contribution in [-0.2, 0) is 4.74 Å². The Labute approximate surface area is 95.2 Å². The molecule has 0 aromatic rings. The van der Waals surface area contributed by atoms with Crippen molar-refractivity contribution in [3.05, 3.63) is 0 Å². The van der Waals surface area contributed by atoms with Crippen LogP contribution in [0.1, 0.15) is 33.6 Å². The molecule has 0 saturated heterocycles. The van der Waals surface area contributed by atoms with Gasteiger partial charge in [-0.3, -0.25) is 0 Å². The Kier molecular flexibility index (Phi) is 4.13. The van der Waals surface area contributed by atoms with E-state index in [1.54, 1.807) is 20.8 Å². The Morgan fingerprint density at radius 2 is 2.12 bits per heavy atom. The molecule has 0 aromatic heterocycles. The smallest absolute Gasteiger partial charge is 0.407 e. The van der Waals surface area contributed by atoms with E-state index in [9.17, 15) is 9.18 Å². The van der Waals surface area contributed by atoms with Crippen LogP contribution in [0.5, 0.6) is 0 Å². The molecule has 1 aliphatic carbocycles. The lowest BCUT2D eigenvalue weighted by Crippen LogP contribution is -2.41. The van der Waals surface area contributed by atoms with Gasteiger partial charge < -0.3 is 15.2 Å². The topological polar surface area (TPSA) is 58.6 Å². The van der Waals surface area contributed by atoms with Crippen molar-refractivity contribution in [1.29, 1.82) is 0 Å². The third kappa shape index (κ3) is 3.96. The molecule has 0 bridgehead atoms. The van der Waals surface area contributed by atoms with Crippen molar-refractivity contribution in [3.63, 3.8) is 0 Å². The number of aliphatic hydroxyl groups is 1. The van der Waals surface area contributed by atoms with Gasteiger partial charge in [0.1, 0.15) is 11.8 Å². The summed E-state index contributed by atoms with van der Waals surface area (Å²) in [6, 6.07) is -0.535. The van der Waals surface area contributed by atoms with E-state index < -0.39 is 23.9 Å². The Bertz CT molecular complexity index is 252. The van der Waals surface area contributed by atoms with E-state index in [1.165, 1.54) is 0 Å². The molecule has 3 atom stereocenters. The maximum atomic E-state index is 13.4. The quantitative estimate of drug-likeness (QED) is 0.762. The molecule has 4 nitrogen and oxygen atoms in total. The molecule has 0 aliphatic heterocycles. The lowest BCUT2D eigenvalue weighted by molar-refractivity contribution is 0.0483. The molecule has 1 fully saturated rings. The summed E-state index contributed by atoms with van der Waals surface area (Å²) in [5, 5.41) is 11.4. The number of carbonyl (C=O) groups is 1. The molecule has 1 amide bonds. The van der Waals surface area contributed by atoms with Gasteiger partial charge in [0.05, 0.1) is 6.04 Å². The fourth-order valence-corrected chi connectivity index (χ4v) is 1.84. The zero-order valence-electron chi connectivity index (χ0n) is 10.00. The highest BCUT2D eigenvalue weighted by molar-refractivity contribution is 5.68. The van der Waals surface area contributed by atoms with Crippen molar-refractivity contribution in [1.82, 2.24) is 5.32 Å². The molecule has 0 aromatic carbocycles. The second-order valence-electron chi connectivity index (χ2n) is 5.29. The van der Waals surface area contributed by atoms with Gasteiger partial charge in [0.25, 0.3) is 0 Å². The maximum absolute atomic E-state index is 13.4. The van der Waals surface area contributed by atoms with Gasteiger partial charge in [-0.05, 0) is 39.5 Å². The van der Waals surface area contributed by atoms with Gasteiger partial charge in [-0.1, -0.05) is 0 Å². The second kappa shape index (κ2) is 4.99. The fraction of sp³-hybridized carbons (Fsp3) is 0.909. The predicted molar refractivity (Wildman–Crippen MR) is 57.9 cm³/mol. The van der Waals surface area contributed by atoms with E-state index in [0.717, 1.165) is 0 Å². The normalized spacial score (nSPS) is 30.2. The molecule has 0 spiro atoms. The van der Waals surface area contributed by atoms with Gasteiger partial charge in [0.15, 0.2) is 0 Å². The fourth-order valence-electron chi connectivity index (χ4n) is 1.84. The van der Waals surface area contributed by atoms with Crippen LogP contribution in [0, 0.1) is 5.92 Å². The minimum absolute atomic E-state index is 0.0348. The maximum Gasteiger partial charge on any atom is 0.407 e. The van der Waals surface area contributed by atoms with Crippen molar-refractivity contribution in [2.24, 2.45) is 5.92 Å². The van der Waals surface area contributed by atoms with Crippen LogP contribution < -0.4 is 5.32 Å². The number of hydrogen-bond donors (Lipinski definition) is 2. The first-order valence-electron chi connectivity index (χ1n) is 5.56. The highest BCUT2D eigenvalue weighted by atomic mass is 19.1. The van der Waals surface area contributed by atoms with Crippen molar-refractivity contribution in [2.75, 3.05) is 6.61 Å². The predicted octanol–water partition coefficient (Wildman–Crippen LogP) is 1.62. The van der Waals surface area contributed by atoms with Crippen molar-refractivity contribution in [2.45, 2.75) is 51.4 Å². The van der Waals surface area contributed by atoms with E-state index >= 15 is 0 Å². The third-order valence-corrected chi connectivity index (χ3v) is 2.54. The molecule has 1 rings (SSSR count). The van der Waals surface area contributed by atoms with Gasteiger partial charge >= 0.3 is 6.09 Å². The van der Waals surface area contributed by atoms with Crippen LogP contribution in [0.15, 0.2) is 0 Å². The number of alkyl carbamates (subject to hydrolysis) is 1. The molecule has 94 valence electrons. The summed E-state index contributed by atoms with van der Waals surface area (Å²) in [6.45, 7) is 5.23.